The maximum Gasteiger partial charge on any atom is 0.313 e. The van der Waals surface area contributed by atoms with Crippen LogP contribution in [0.1, 0.15) is 18.9 Å². The molecule has 1 rings (SSSR count). The third kappa shape index (κ3) is 5.09. The van der Waals surface area contributed by atoms with Crippen LogP contribution in [0.15, 0.2) is 24.3 Å². The molecule has 6 heteroatoms. The van der Waals surface area contributed by atoms with Gasteiger partial charge in [0.15, 0.2) is 0 Å². The van der Waals surface area contributed by atoms with E-state index >= 15 is 0 Å². The van der Waals surface area contributed by atoms with Crippen LogP contribution >= 0.6 is 0 Å². The maximum absolute atomic E-state index is 11.7. The summed E-state index contributed by atoms with van der Waals surface area (Å²) < 4.78 is 0. The normalized spacial score (nSPS) is 9.65. The van der Waals surface area contributed by atoms with Crippen LogP contribution in [0.25, 0.3) is 0 Å². The molecule has 0 aromatic heterocycles. The Morgan fingerprint density at radius 3 is 2.60 bits per heavy atom. The van der Waals surface area contributed by atoms with E-state index in [-0.39, 0.29) is 0 Å². The van der Waals surface area contributed by atoms with E-state index in [1.165, 1.54) is 0 Å². The van der Waals surface area contributed by atoms with Crippen molar-refractivity contribution in [3.05, 3.63) is 29.8 Å². The van der Waals surface area contributed by atoms with Crippen molar-refractivity contribution < 1.29 is 14.4 Å². The highest BCUT2D eigenvalue weighted by molar-refractivity contribution is 6.39. The molecule has 0 saturated carbocycles. The Morgan fingerprint density at radius 2 is 1.90 bits per heavy atom. The third-order valence-electron chi connectivity index (χ3n) is 2.72. The zero-order valence-electron chi connectivity index (χ0n) is 11.4. The van der Waals surface area contributed by atoms with Crippen LogP contribution in [0, 0.1) is 0 Å². The van der Waals surface area contributed by atoms with E-state index in [0.717, 1.165) is 12.0 Å². The fourth-order valence-electron chi connectivity index (χ4n) is 1.66. The number of anilines is 1. The summed E-state index contributed by atoms with van der Waals surface area (Å²) in [5.74, 6) is -1.36. The summed E-state index contributed by atoms with van der Waals surface area (Å²) in [6, 6.07) is 7.35. The van der Waals surface area contributed by atoms with Gasteiger partial charge in [0.05, 0.1) is 0 Å². The molecule has 1 aromatic carbocycles. The molecule has 0 bridgehead atoms. The van der Waals surface area contributed by atoms with Crippen molar-refractivity contribution >= 4 is 23.9 Å². The Balaban J connectivity index is 2.41. The van der Waals surface area contributed by atoms with Gasteiger partial charge in [0.25, 0.3) is 0 Å². The largest absolute Gasteiger partial charge is 0.359 e. The van der Waals surface area contributed by atoms with Gasteiger partial charge in [-0.2, -0.15) is 0 Å². The molecule has 3 N–H and O–H groups in total. The van der Waals surface area contributed by atoms with Gasteiger partial charge >= 0.3 is 11.8 Å². The Labute approximate surface area is 117 Å². The molecule has 0 saturated heterocycles. The van der Waals surface area contributed by atoms with Crippen LogP contribution < -0.4 is 16.0 Å². The van der Waals surface area contributed by atoms with Crippen molar-refractivity contribution in [3.8, 4) is 0 Å². The van der Waals surface area contributed by atoms with Crippen LogP contribution in [0.5, 0.6) is 0 Å². The second kappa shape index (κ2) is 8.68. The van der Waals surface area contributed by atoms with Gasteiger partial charge in [-0.25, -0.2) is 0 Å². The number of carbonyl (C=O) groups excluding carboxylic acids is 3. The molecule has 0 heterocycles. The van der Waals surface area contributed by atoms with Gasteiger partial charge in [-0.15, -0.1) is 0 Å². The van der Waals surface area contributed by atoms with Crippen molar-refractivity contribution in [1.82, 2.24) is 10.6 Å². The Kier molecular flexibility index (Phi) is 6.81. The molecule has 20 heavy (non-hydrogen) atoms. The number of nitrogens with one attached hydrogen (secondary N) is 3. The van der Waals surface area contributed by atoms with Crippen molar-refractivity contribution in [2.75, 3.05) is 18.4 Å². The monoisotopic (exact) mass is 277 g/mol. The molecular weight excluding hydrogens is 258 g/mol. The lowest BCUT2D eigenvalue weighted by Crippen LogP contribution is -2.36. The van der Waals surface area contributed by atoms with E-state index in [1.54, 1.807) is 12.1 Å². The van der Waals surface area contributed by atoms with Crippen molar-refractivity contribution in [1.29, 1.82) is 0 Å². The zero-order valence-corrected chi connectivity index (χ0v) is 11.4. The van der Waals surface area contributed by atoms with E-state index < -0.39 is 11.8 Å². The molecule has 0 aliphatic rings. The Bertz CT molecular complexity index is 474. The minimum atomic E-state index is -0.686. The van der Waals surface area contributed by atoms with Gasteiger partial charge < -0.3 is 16.0 Å². The SMILES string of the molecule is CCc1ccccc1NC(=O)C(=O)NCCCNC=O. The molecule has 0 atom stereocenters. The highest BCUT2D eigenvalue weighted by atomic mass is 16.2. The Hall–Kier alpha value is -2.37. The van der Waals surface area contributed by atoms with Crippen molar-refractivity contribution in [3.63, 3.8) is 0 Å². The van der Waals surface area contributed by atoms with Crippen LogP contribution in [0.4, 0.5) is 5.69 Å². The third-order valence-corrected chi connectivity index (χ3v) is 2.72. The molecule has 0 spiro atoms. The average Bonchev–Trinajstić information content (AvgIpc) is 2.47. The summed E-state index contributed by atoms with van der Waals surface area (Å²) in [7, 11) is 0. The standard InChI is InChI=1S/C14H19N3O3/c1-2-11-6-3-4-7-12(11)17-14(20)13(19)16-9-5-8-15-10-18/h3-4,6-7,10H,2,5,8-9H2,1H3,(H,15,18)(H,16,19)(H,17,20). The lowest BCUT2D eigenvalue weighted by Gasteiger charge is -2.09. The van der Waals surface area contributed by atoms with E-state index in [0.29, 0.717) is 31.6 Å². The topological polar surface area (TPSA) is 87.3 Å². The summed E-state index contributed by atoms with van der Waals surface area (Å²) in [4.78, 5) is 33.3. The molecule has 0 aliphatic heterocycles. The molecule has 0 fully saturated rings. The highest BCUT2D eigenvalue weighted by Crippen LogP contribution is 2.14. The molecular formula is C14H19N3O3. The summed E-state index contributed by atoms with van der Waals surface area (Å²) in [5, 5.41) is 7.56. The number of aryl methyl sites for hydroxylation is 1. The van der Waals surface area contributed by atoms with Crippen LogP contribution in [0.2, 0.25) is 0 Å². The van der Waals surface area contributed by atoms with Gasteiger partial charge in [-0.05, 0) is 24.5 Å². The van der Waals surface area contributed by atoms with E-state index in [2.05, 4.69) is 16.0 Å². The molecule has 0 aliphatic carbocycles. The van der Waals surface area contributed by atoms with Gasteiger partial charge in [-0.3, -0.25) is 14.4 Å². The van der Waals surface area contributed by atoms with E-state index in [4.69, 9.17) is 0 Å². The second-order valence-corrected chi connectivity index (χ2v) is 4.15. The average molecular weight is 277 g/mol. The van der Waals surface area contributed by atoms with E-state index in [9.17, 15) is 14.4 Å². The number of hydrogen-bond donors (Lipinski definition) is 3. The summed E-state index contributed by atoms with van der Waals surface area (Å²) in [6.07, 6.45) is 1.94. The first kappa shape index (κ1) is 15.7. The smallest absolute Gasteiger partial charge is 0.313 e. The fraction of sp³-hybridized carbons (Fsp3) is 0.357. The number of benzene rings is 1. The van der Waals surface area contributed by atoms with Crippen LogP contribution in [-0.4, -0.2) is 31.3 Å². The number of para-hydroxylation sites is 1. The molecule has 1 aromatic rings. The van der Waals surface area contributed by atoms with Crippen LogP contribution in [-0.2, 0) is 20.8 Å². The number of rotatable bonds is 7. The lowest BCUT2D eigenvalue weighted by atomic mass is 10.1. The summed E-state index contributed by atoms with van der Waals surface area (Å²) in [6.45, 7) is 2.78. The molecule has 0 unspecified atom stereocenters. The van der Waals surface area contributed by atoms with Crippen molar-refractivity contribution in [2.24, 2.45) is 0 Å². The molecule has 3 amide bonds. The predicted octanol–water partition coefficient (Wildman–Crippen LogP) is 0.440. The molecule has 108 valence electrons. The van der Waals surface area contributed by atoms with Gasteiger partial charge in [0.2, 0.25) is 6.41 Å². The van der Waals surface area contributed by atoms with Gasteiger partial charge in [0.1, 0.15) is 0 Å². The van der Waals surface area contributed by atoms with Gasteiger partial charge in [-0.1, -0.05) is 25.1 Å². The number of amides is 3. The minimum Gasteiger partial charge on any atom is -0.359 e. The lowest BCUT2D eigenvalue weighted by molar-refractivity contribution is -0.136. The summed E-state index contributed by atoms with van der Waals surface area (Å²) >= 11 is 0. The number of hydrogen-bond acceptors (Lipinski definition) is 3. The fourth-order valence-corrected chi connectivity index (χ4v) is 1.66. The molecule has 0 radical (unpaired) electrons. The Morgan fingerprint density at radius 1 is 1.15 bits per heavy atom. The first-order chi connectivity index (χ1) is 9.69. The summed E-state index contributed by atoms with van der Waals surface area (Å²) in [5.41, 5.74) is 1.63. The quantitative estimate of drug-likeness (QED) is 0.384. The second-order valence-electron chi connectivity index (χ2n) is 4.15. The van der Waals surface area contributed by atoms with Crippen LogP contribution in [0.3, 0.4) is 0 Å². The molecule has 6 nitrogen and oxygen atoms in total. The maximum atomic E-state index is 11.7. The number of carbonyl (C=O) groups is 3. The highest BCUT2D eigenvalue weighted by Gasteiger charge is 2.13. The first-order valence-electron chi connectivity index (χ1n) is 6.53. The van der Waals surface area contributed by atoms with E-state index in [1.807, 2.05) is 19.1 Å². The first-order valence-corrected chi connectivity index (χ1v) is 6.53. The minimum absolute atomic E-state index is 0.336. The zero-order chi connectivity index (χ0) is 14.8. The predicted molar refractivity (Wildman–Crippen MR) is 76.1 cm³/mol. The van der Waals surface area contributed by atoms with Crippen molar-refractivity contribution in [2.45, 2.75) is 19.8 Å². The van der Waals surface area contributed by atoms with Gasteiger partial charge in [0, 0.05) is 18.8 Å².